The molecule has 1 aliphatic rings. The van der Waals surface area contributed by atoms with Gasteiger partial charge in [0.05, 0.1) is 29.2 Å². The van der Waals surface area contributed by atoms with Crippen LogP contribution in [0.1, 0.15) is 12.0 Å². The molecule has 0 spiro atoms. The Morgan fingerprint density at radius 3 is 2.49 bits per heavy atom. The summed E-state index contributed by atoms with van der Waals surface area (Å²) in [6.07, 6.45) is -7.60. The summed E-state index contributed by atoms with van der Waals surface area (Å²) in [7, 11) is -4.67. The van der Waals surface area contributed by atoms with Crippen LogP contribution in [0.15, 0.2) is 65.6 Å². The largest absolute Gasteiger partial charge is 0.486 e. The van der Waals surface area contributed by atoms with Gasteiger partial charge >= 0.3 is 18.2 Å². The van der Waals surface area contributed by atoms with Crippen molar-refractivity contribution in [2.45, 2.75) is 29.7 Å². The van der Waals surface area contributed by atoms with Gasteiger partial charge in [-0.3, -0.25) is 4.31 Å². The van der Waals surface area contributed by atoms with Crippen LogP contribution < -0.4 is 19.7 Å². The molecule has 1 heterocycles. The maximum atomic E-state index is 14.5. The first-order valence-electron chi connectivity index (χ1n) is 12.6. The normalized spacial score (nSPS) is 15.7. The van der Waals surface area contributed by atoms with Gasteiger partial charge in [-0.25, -0.2) is 26.8 Å². The first-order valence-corrected chi connectivity index (χ1v) is 14.0. The predicted molar refractivity (Wildman–Crippen MR) is 142 cm³/mol. The number of amides is 2. The number of aliphatic hydroxyl groups excluding tert-OH is 1. The zero-order chi connectivity index (χ0) is 31.5. The van der Waals surface area contributed by atoms with Crippen molar-refractivity contribution < 1.29 is 54.9 Å². The molecule has 16 heteroatoms. The molecule has 2 amide bonds. The van der Waals surface area contributed by atoms with Crippen LogP contribution >= 0.6 is 0 Å². The van der Waals surface area contributed by atoms with Gasteiger partial charge in [0.25, 0.3) is 10.0 Å². The molecule has 2 atom stereocenters. The second-order valence-corrected chi connectivity index (χ2v) is 11.3. The predicted octanol–water partition coefficient (Wildman–Crippen LogP) is 3.74. The highest BCUT2D eigenvalue weighted by molar-refractivity contribution is 7.92. The Morgan fingerprint density at radius 2 is 1.79 bits per heavy atom. The Labute approximate surface area is 241 Å². The van der Waals surface area contributed by atoms with Crippen molar-refractivity contribution in [1.29, 1.82) is 0 Å². The van der Waals surface area contributed by atoms with E-state index in [1.807, 2.05) is 0 Å². The standard InChI is InChI=1S/C27H24F5N3O7S/c28-17-5-6-21(29)20(12-17)15-4-7-24-22(10-15)35(43(40,41)19-3-1-2-16(11-19)27(30,31)32)14-18(42-24)8-9-33-26(39)34-13-23(36)25(37)38/h1-7,10-12,18,23,36H,8-9,13-14H2,(H,37,38)(H2,33,34,39). The number of urea groups is 1. The number of carboxylic acid groups (broad SMARTS) is 1. The number of carbonyl (C=O) groups is 2. The number of ether oxygens (including phenoxy) is 1. The lowest BCUT2D eigenvalue weighted by Gasteiger charge is -2.36. The summed E-state index contributed by atoms with van der Waals surface area (Å²) in [6, 6.07) is 8.87. The number of benzene rings is 3. The second-order valence-electron chi connectivity index (χ2n) is 9.39. The molecule has 0 aliphatic carbocycles. The summed E-state index contributed by atoms with van der Waals surface area (Å²) in [4.78, 5) is 21.9. The molecule has 10 nitrogen and oxygen atoms in total. The second kappa shape index (κ2) is 12.4. The van der Waals surface area contributed by atoms with Crippen molar-refractivity contribution in [2.75, 3.05) is 23.9 Å². The van der Waals surface area contributed by atoms with Crippen LogP contribution in [0.2, 0.25) is 0 Å². The molecule has 0 bridgehead atoms. The maximum absolute atomic E-state index is 14.5. The van der Waals surface area contributed by atoms with Crippen LogP contribution in [-0.4, -0.2) is 62.5 Å². The first-order chi connectivity index (χ1) is 20.2. The molecule has 2 unspecified atom stereocenters. The van der Waals surface area contributed by atoms with E-state index in [9.17, 15) is 45.1 Å². The number of carbonyl (C=O) groups excluding carboxylic acids is 1. The molecule has 0 fully saturated rings. The summed E-state index contributed by atoms with van der Waals surface area (Å²) < 4.78 is 103. The van der Waals surface area contributed by atoms with Gasteiger partial charge in [0.2, 0.25) is 0 Å². The van der Waals surface area contributed by atoms with Crippen LogP contribution in [0.25, 0.3) is 11.1 Å². The van der Waals surface area contributed by atoms with E-state index in [0.717, 1.165) is 34.6 Å². The van der Waals surface area contributed by atoms with E-state index >= 15 is 0 Å². The molecule has 0 saturated carbocycles. The first kappa shape index (κ1) is 31.5. The molecule has 0 saturated heterocycles. The van der Waals surface area contributed by atoms with Crippen LogP contribution in [-0.2, 0) is 21.0 Å². The highest BCUT2D eigenvalue weighted by atomic mass is 32.2. The third-order valence-corrected chi connectivity index (χ3v) is 8.15. The van der Waals surface area contributed by atoms with Crippen molar-refractivity contribution in [3.8, 4) is 16.9 Å². The summed E-state index contributed by atoms with van der Waals surface area (Å²) >= 11 is 0. The molecule has 3 aromatic carbocycles. The van der Waals surface area contributed by atoms with E-state index in [2.05, 4.69) is 10.6 Å². The number of sulfonamides is 1. The number of aliphatic hydroxyl groups is 1. The highest BCUT2D eigenvalue weighted by Gasteiger charge is 2.37. The number of hydrogen-bond acceptors (Lipinski definition) is 6. The number of alkyl halides is 3. The van der Waals surface area contributed by atoms with Crippen molar-refractivity contribution in [3.05, 3.63) is 77.9 Å². The topological polar surface area (TPSA) is 145 Å². The summed E-state index contributed by atoms with van der Waals surface area (Å²) in [5.74, 6) is -3.13. The number of aliphatic carboxylic acids is 1. The zero-order valence-corrected chi connectivity index (χ0v) is 22.8. The van der Waals surface area contributed by atoms with Crippen molar-refractivity contribution in [3.63, 3.8) is 0 Å². The van der Waals surface area contributed by atoms with Crippen molar-refractivity contribution >= 4 is 27.7 Å². The number of carboxylic acids is 1. The Balaban J connectivity index is 1.64. The van der Waals surface area contributed by atoms with Gasteiger partial charge in [-0.15, -0.1) is 0 Å². The lowest BCUT2D eigenvalue weighted by molar-refractivity contribution is -0.146. The fourth-order valence-corrected chi connectivity index (χ4v) is 5.77. The van der Waals surface area contributed by atoms with Gasteiger partial charge in [0, 0.05) is 18.5 Å². The lowest BCUT2D eigenvalue weighted by Crippen LogP contribution is -2.46. The average Bonchev–Trinajstić information content (AvgIpc) is 2.96. The molecule has 4 N–H and O–H groups in total. The quantitative estimate of drug-likeness (QED) is 0.264. The SMILES string of the molecule is O=C(NCCC1CN(S(=O)(=O)c2cccc(C(F)(F)F)c2)c2cc(-c3cc(F)ccc3F)ccc2O1)NCC(O)C(=O)O. The van der Waals surface area contributed by atoms with Gasteiger partial charge in [-0.1, -0.05) is 12.1 Å². The van der Waals surface area contributed by atoms with Gasteiger partial charge < -0.3 is 25.6 Å². The van der Waals surface area contributed by atoms with Crippen LogP contribution in [0.3, 0.4) is 0 Å². The molecule has 0 aromatic heterocycles. The molecule has 4 rings (SSSR count). The number of halogens is 5. The average molecular weight is 630 g/mol. The smallest absolute Gasteiger partial charge is 0.416 e. The molecule has 3 aromatic rings. The van der Waals surface area contributed by atoms with Crippen molar-refractivity contribution in [1.82, 2.24) is 10.6 Å². The van der Waals surface area contributed by atoms with E-state index in [1.54, 1.807) is 0 Å². The Kier molecular flexibility index (Phi) is 9.10. The Hall–Kier alpha value is -4.44. The maximum Gasteiger partial charge on any atom is 0.416 e. The summed E-state index contributed by atoms with van der Waals surface area (Å²) in [6.45, 7) is -1.12. The van der Waals surface area contributed by atoms with E-state index in [0.29, 0.717) is 12.1 Å². The van der Waals surface area contributed by atoms with Crippen molar-refractivity contribution in [2.24, 2.45) is 0 Å². The third kappa shape index (κ3) is 7.32. The Bertz CT molecular complexity index is 1640. The van der Waals surface area contributed by atoms with Crippen LogP contribution in [0.5, 0.6) is 5.75 Å². The molecule has 43 heavy (non-hydrogen) atoms. The molecule has 230 valence electrons. The molecular weight excluding hydrogens is 605 g/mol. The zero-order valence-electron chi connectivity index (χ0n) is 21.9. The summed E-state index contributed by atoms with van der Waals surface area (Å²) in [5.41, 5.74) is -1.45. The minimum absolute atomic E-state index is 0.0107. The number of fused-ring (bicyclic) bond motifs is 1. The molecular formula is C27H24F5N3O7S. The van der Waals surface area contributed by atoms with Gasteiger partial charge in [0.15, 0.2) is 6.10 Å². The number of hydrogen-bond donors (Lipinski definition) is 4. The Morgan fingerprint density at radius 1 is 1.05 bits per heavy atom. The summed E-state index contributed by atoms with van der Waals surface area (Å²) in [5, 5.41) is 22.5. The third-order valence-electron chi connectivity index (χ3n) is 6.37. The number of nitrogens with zero attached hydrogens (tertiary/aromatic N) is 1. The molecule has 0 radical (unpaired) electrons. The number of rotatable bonds is 9. The monoisotopic (exact) mass is 629 g/mol. The lowest BCUT2D eigenvalue weighted by atomic mass is 10.0. The van der Waals surface area contributed by atoms with Gasteiger partial charge in [0.1, 0.15) is 23.5 Å². The van der Waals surface area contributed by atoms with Crippen LogP contribution in [0, 0.1) is 11.6 Å². The van der Waals surface area contributed by atoms with E-state index in [4.69, 9.17) is 9.84 Å². The minimum Gasteiger partial charge on any atom is -0.486 e. The fourth-order valence-electron chi connectivity index (χ4n) is 4.22. The van der Waals surface area contributed by atoms with Crippen LogP contribution in [0.4, 0.5) is 32.4 Å². The van der Waals surface area contributed by atoms with Gasteiger partial charge in [-0.05, 0) is 54.1 Å². The van der Waals surface area contributed by atoms with Gasteiger partial charge in [-0.2, -0.15) is 13.2 Å². The number of anilines is 1. The fraction of sp³-hybridized carbons (Fsp3) is 0.259. The number of nitrogens with one attached hydrogen (secondary N) is 2. The van der Waals surface area contributed by atoms with E-state index in [-0.39, 0.29) is 35.5 Å². The molecule has 1 aliphatic heterocycles. The minimum atomic E-state index is -4.83. The van der Waals surface area contributed by atoms with E-state index in [1.165, 1.54) is 18.2 Å². The highest BCUT2D eigenvalue weighted by Crippen LogP contribution is 2.41. The van der Waals surface area contributed by atoms with E-state index < -0.39 is 75.6 Å².